The Bertz CT molecular complexity index is 1260. The van der Waals surface area contributed by atoms with Gasteiger partial charge >= 0.3 is 6.09 Å². The van der Waals surface area contributed by atoms with Gasteiger partial charge in [-0.05, 0) is 53.3 Å². The van der Waals surface area contributed by atoms with E-state index >= 15 is 0 Å². The van der Waals surface area contributed by atoms with E-state index in [0.29, 0.717) is 11.4 Å². The van der Waals surface area contributed by atoms with Crippen molar-refractivity contribution >= 4 is 44.7 Å². The first-order valence-electron chi connectivity index (χ1n) is 10.2. The molecule has 0 radical (unpaired) electrons. The monoisotopic (exact) mass is 485 g/mol. The lowest BCUT2D eigenvalue weighted by molar-refractivity contribution is -0.120. The second kappa shape index (κ2) is 9.34. The second-order valence-electron chi connectivity index (χ2n) is 7.54. The fourth-order valence-electron chi connectivity index (χ4n) is 3.74. The van der Waals surface area contributed by atoms with Gasteiger partial charge in [0, 0.05) is 25.0 Å². The predicted molar refractivity (Wildman–Crippen MR) is 127 cm³/mol. The first-order valence-corrected chi connectivity index (χ1v) is 12.5. The number of carbonyl (C=O) groups excluding carboxylic acids is 2. The smallest absolute Gasteiger partial charge is 0.413 e. The number of thiophene rings is 1. The summed E-state index contributed by atoms with van der Waals surface area (Å²) in [6.07, 6.45) is -0.238. The fourth-order valence-corrected chi connectivity index (χ4v) is 6.42. The van der Waals surface area contributed by atoms with E-state index in [0.717, 1.165) is 22.5 Å². The number of methoxy groups -OCH3 is 1. The number of fused-ring (bicyclic) bond motifs is 1. The molecule has 1 atom stereocenters. The molecule has 2 amide bonds. The molecule has 172 valence electrons. The summed E-state index contributed by atoms with van der Waals surface area (Å²) in [6.45, 7) is 0.122. The van der Waals surface area contributed by atoms with Gasteiger partial charge in [0.1, 0.15) is 10.3 Å². The zero-order valence-electron chi connectivity index (χ0n) is 18.1. The van der Waals surface area contributed by atoms with Crippen molar-refractivity contribution in [1.82, 2.24) is 4.31 Å². The van der Waals surface area contributed by atoms with Crippen LogP contribution >= 0.6 is 11.3 Å². The molecular formula is C23H23N3O5S2. The van der Waals surface area contributed by atoms with Crippen molar-refractivity contribution in [3.05, 3.63) is 77.2 Å². The summed E-state index contributed by atoms with van der Waals surface area (Å²) in [6, 6.07) is 16.5. The number of hydrogen-bond donors (Lipinski definition) is 1. The molecule has 0 saturated carbocycles. The van der Waals surface area contributed by atoms with E-state index in [1.54, 1.807) is 48.8 Å². The van der Waals surface area contributed by atoms with Crippen LogP contribution in [0.25, 0.3) is 0 Å². The topological polar surface area (TPSA) is 96.0 Å². The van der Waals surface area contributed by atoms with E-state index < -0.39 is 28.1 Å². The van der Waals surface area contributed by atoms with Gasteiger partial charge in [0.2, 0.25) is 5.91 Å². The van der Waals surface area contributed by atoms with Crippen LogP contribution in [-0.4, -0.2) is 44.9 Å². The number of anilines is 2. The first-order chi connectivity index (χ1) is 15.8. The Balaban J connectivity index is 1.60. The molecule has 33 heavy (non-hydrogen) atoms. The summed E-state index contributed by atoms with van der Waals surface area (Å²) in [5.41, 5.74) is 2.92. The van der Waals surface area contributed by atoms with Crippen LogP contribution in [0.5, 0.6) is 0 Å². The lowest BCUT2D eigenvalue weighted by atomic mass is 9.95. The first kappa shape index (κ1) is 23.0. The van der Waals surface area contributed by atoms with Crippen molar-refractivity contribution in [2.45, 2.75) is 23.2 Å². The molecule has 2 heterocycles. The molecule has 8 nitrogen and oxygen atoms in total. The number of sulfonamides is 1. The summed E-state index contributed by atoms with van der Waals surface area (Å²) < 4.78 is 32.9. The average Bonchev–Trinajstić information content (AvgIpc) is 3.39. The summed E-state index contributed by atoms with van der Waals surface area (Å²) in [4.78, 5) is 26.3. The van der Waals surface area contributed by atoms with Crippen molar-refractivity contribution in [3.8, 4) is 0 Å². The molecule has 10 heteroatoms. The fraction of sp³-hybridized carbons (Fsp3) is 0.217. The normalized spacial score (nSPS) is 16.0. The minimum Gasteiger partial charge on any atom is -0.452 e. The Morgan fingerprint density at radius 1 is 1.06 bits per heavy atom. The van der Waals surface area contributed by atoms with Gasteiger partial charge in [-0.15, -0.1) is 11.3 Å². The largest absolute Gasteiger partial charge is 0.452 e. The number of hydrogen-bond acceptors (Lipinski definition) is 6. The van der Waals surface area contributed by atoms with E-state index in [4.69, 9.17) is 4.74 Å². The minimum absolute atomic E-state index is 0.122. The van der Waals surface area contributed by atoms with Crippen LogP contribution in [0.3, 0.4) is 0 Å². The number of carbonyl (C=O) groups is 2. The van der Waals surface area contributed by atoms with Crippen LogP contribution in [0.4, 0.5) is 16.2 Å². The Morgan fingerprint density at radius 3 is 2.39 bits per heavy atom. The van der Waals surface area contributed by atoms with Gasteiger partial charge in [-0.3, -0.25) is 9.69 Å². The zero-order valence-corrected chi connectivity index (χ0v) is 19.7. The standard InChI is InChI=1S/C23H23N3O5S2/c1-25(23(28)31-2)19-11-9-18(10-12-19)24-22(27)20-14-16-6-3-4-7-17(16)15-26(20)33(29,30)21-8-5-13-32-21/h3-13,20H,14-15H2,1-2H3,(H,24,27)/t20-/m0/s1. The third kappa shape index (κ3) is 4.63. The van der Waals surface area contributed by atoms with Gasteiger partial charge in [0.25, 0.3) is 10.0 Å². The molecule has 0 saturated heterocycles. The molecule has 3 aromatic rings. The quantitative estimate of drug-likeness (QED) is 0.594. The van der Waals surface area contributed by atoms with E-state index in [-0.39, 0.29) is 17.2 Å². The maximum Gasteiger partial charge on any atom is 0.413 e. The van der Waals surface area contributed by atoms with E-state index in [1.165, 1.54) is 16.3 Å². The summed E-state index contributed by atoms with van der Waals surface area (Å²) in [5.74, 6) is -0.418. The molecule has 0 spiro atoms. The van der Waals surface area contributed by atoms with Crippen molar-refractivity contribution in [1.29, 1.82) is 0 Å². The Labute approximate surface area is 196 Å². The van der Waals surface area contributed by atoms with Gasteiger partial charge < -0.3 is 10.1 Å². The number of benzene rings is 2. The summed E-state index contributed by atoms with van der Waals surface area (Å²) in [7, 11) is -0.972. The SMILES string of the molecule is COC(=O)N(C)c1ccc(NC(=O)[C@@H]2Cc3ccccc3CN2S(=O)(=O)c2cccs2)cc1. The molecule has 0 aliphatic carbocycles. The molecule has 1 aliphatic heterocycles. The summed E-state index contributed by atoms with van der Waals surface area (Å²) >= 11 is 1.13. The van der Waals surface area contributed by atoms with Gasteiger partial charge in [-0.1, -0.05) is 30.3 Å². The molecule has 0 fully saturated rings. The molecule has 4 rings (SSSR count). The number of nitrogens with one attached hydrogen (secondary N) is 1. The highest BCUT2D eigenvalue weighted by atomic mass is 32.2. The molecule has 1 aliphatic rings. The number of nitrogens with zero attached hydrogens (tertiary/aromatic N) is 2. The lowest BCUT2D eigenvalue weighted by Crippen LogP contribution is -2.50. The molecule has 1 aromatic heterocycles. The second-order valence-corrected chi connectivity index (χ2v) is 10.6. The average molecular weight is 486 g/mol. The Morgan fingerprint density at radius 2 is 1.76 bits per heavy atom. The molecular weight excluding hydrogens is 462 g/mol. The molecule has 1 N–H and O–H groups in total. The zero-order chi connectivity index (χ0) is 23.6. The minimum atomic E-state index is -3.85. The van der Waals surface area contributed by atoms with Crippen molar-refractivity contribution in [2.75, 3.05) is 24.4 Å². The lowest BCUT2D eigenvalue weighted by Gasteiger charge is -2.34. The van der Waals surface area contributed by atoms with Crippen LogP contribution in [0.2, 0.25) is 0 Å². The molecule has 0 unspecified atom stereocenters. The Kier molecular flexibility index (Phi) is 6.50. The molecule has 2 aromatic carbocycles. The highest BCUT2D eigenvalue weighted by molar-refractivity contribution is 7.91. The van der Waals surface area contributed by atoms with Crippen LogP contribution in [-0.2, 0) is 32.5 Å². The van der Waals surface area contributed by atoms with E-state index in [1.807, 2.05) is 24.3 Å². The van der Waals surface area contributed by atoms with Gasteiger partial charge in [-0.25, -0.2) is 13.2 Å². The maximum atomic E-state index is 13.3. The van der Waals surface area contributed by atoms with Crippen LogP contribution in [0.1, 0.15) is 11.1 Å². The highest BCUT2D eigenvalue weighted by Crippen LogP contribution is 2.31. The van der Waals surface area contributed by atoms with Crippen LogP contribution in [0, 0.1) is 0 Å². The van der Waals surface area contributed by atoms with Gasteiger partial charge in [0.15, 0.2) is 0 Å². The number of ether oxygens (including phenoxy) is 1. The van der Waals surface area contributed by atoms with Crippen LogP contribution < -0.4 is 10.2 Å². The predicted octanol–water partition coefficient (Wildman–Crippen LogP) is 3.71. The van der Waals surface area contributed by atoms with Crippen molar-refractivity contribution in [2.24, 2.45) is 0 Å². The molecule has 0 bridgehead atoms. The van der Waals surface area contributed by atoms with Crippen molar-refractivity contribution in [3.63, 3.8) is 0 Å². The Hall–Kier alpha value is -3.21. The summed E-state index contributed by atoms with van der Waals surface area (Å²) in [5, 5.41) is 4.52. The van der Waals surface area contributed by atoms with Crippen molar-refractivity contribution < 1.29 is 22.7 Å². The van der Waals surface area contributed by atoms with Gasteiger partial charge in [0.05, 0.1) is 7.11 Å². The van der Waals surface area contributed by atoms with Gasteiger partial charge in [-0.2, -0.15) is 4.31 Å². The third-order valence-electron chi connectivity index (χ3n) is 5.54. The third-order valence-corrected chi connectivity index (χ3v) is 8.76. The van der Waals surface area contributed by atoms with Crippen LogP contribution in [0.15, 0.2) is 70.3 Å². The maximum absolute atomic E-state index is 13.3. The number of rotatable bonds is 5. The number of amides is 2. The van der Waals surface area contributed by atoms with E-state index in [9.17, 15) is 18.0 Å². The van der Waals surface area contributed by atoms with E-state index in [2.05, 4.69) is 5.32 Å². The highest BCUT2D eigenvalue weighted by Gasteiger charge is 2.40.